The van der Waals surface area contributed by atoms with Crippen LogP contribution in [0.15, 0.2) is 30.3 Å². The lowest BCUT2D eigenvalue weighted by Gasteiger charge is -2.06. The van der Waals surface area contributed by atoms with Crippen LogP contribution in [0.1, 0.15) is 16.1 Å². The Labute approximate surface area is 123 Å². The summed E-state index contributed by atoms with van der Waals surface area (Å²) in [6.45, 7) is 1.66. The standard InChI is InChI=1S/C13H9ClFN3O3/c1-7-2-8(3-12(14)16-7)13(19)17-10-4-9(15)5-11(6-10)18(20)21/h2-6H,1H3,(H,17,19). The van der Waals surface area contributed by atoms with Gasteiger partial charge in [0, 0.05) is 17.3 Å². The molecular formula is C13H9ClFN3O3. The first-order valence-electron chi connectivity index (χ1n) is 5.75. The van der Waals surface area contributed by atoms with E-state index in [2.05, 4.69) is 10.3 Å². The van der Waals surface area contributed by atoms with Gasteiger partial charge in [0.25, 0.3) is 11.6 Å². The topological polar surface area (TPSA) is 85.1 Å². The van der Waals surface area contributed by atoms with Crippen molar-refractivity contribution in [2.45, 2.75) is 6.92 Å². The highest BCUT2D eigenvalue weighted by Crippen LogP contribution is 2.21. The van der Waals surface area contributed by atoms with Gasteiger partial charge in [0.05, 0.1) is 16.7 Å². The Morgan fingerprint density at radius 2 is 2.05 bits per heavy atom. The first-order chi connectivity index (χ1) is 9.85. The molecule has 8 heteroatoms. The molecule has 1 amide bonds. The van der Waals surface area contributed by atoms with Crippen LogP contribution in [-0.4, -0.2) is 15.8 Å². The summed E-state index contributed by atoms with van der Waals surface area (Å²) >= 11 is 5.75. The summed E-state index contributed by atoms with van der Waals surface area (Å²) in [6, 6.07) is 5.66. The number of halogens is 2. The van der Waals surface area contributed by atoms with Gasteiger partial charge in [-0.3, -0.25) is 14.9 Å². The predicted molar refractivity (Wildman–Crippen MR) is 75.0 cm³/mol. The van der Waals surface area contributed by atoms with Gasteiger partial charge in [-0.1, -0.05) is 11.6 Å². The lowest BCUT2D eigenvalue weighted by Crippen LogP contribution is -2.13. The van der Waals surface area contributed by atoms with Crippen molar-refractivity contribution in [3.8, 4) is 0 Å². The zero-order valence-corrected chi connectivity index (χ0v) is 11.5. The van der Waals surface area contributed by atoms with E-state index in [9.17, 15) is 19.3 Å². The number of nitro benzene ring substituents is 1. The molecule has 1 heterocycles. The van der Waals surface area contributed by atoms with Crippen LogP contribution in [0.2, 0.25) is 5.15 Å². The van der Waals surface area contributed by atoms with E-state index in [0.29, 0.717) is 5.69 Å². The molecule has 1 aromatic heterocycles. The Balaban J connectivity index is 2.29. The summed E-state index contributed by atoms with van der Waals surface area (Å²) < 4.78 is 13.3. The molecule has 1 N–H and O–H groups in total. The molecule has 0 fully saturated rings. The number of non-ortho nitro benzene ring substituents is 1. The summed E-state index contributed by atoms with van der Waals surface area (Å²) in [5.74, 6) is -1.38. The number of rotatable bonds is 3. The number of nitrogens with zero attached hydrogens (tertiary/aromatic N) is 2. The van der Waals surface area contributed by atoms with Crippen LogP contribution in [0, 0.1) is 22.9 Å². The van der Waals surface area contributed by atoms with Crippen LogP contribution in [0.25, 0.3) is 0 Å². The van der Waals surface area contributed by atoms with E-state index >= 15 is 0 Å². The number of aryl methyl sites for hydroxylation is 1. The van der Waals surface area contributed by atoms with E-state index in [1.807, 2.05) is 0 Å². The third kappa shape index (κ3) is 3.73. The number of pyridine rings is 1. The minimum Gasteiger partial charge on any atom is -0.322 e. The number of nitrogens with one attached hydrogen (secondary N) is 1. The number of nitro groups is 1. The molecule has 0 aliphatic carbocycles. The van der Waals surface area contributed by atoms with Crippen LogP contribution < -0.4 is 5.32 Å². The van der Waals surface area contributed by atoms with E-state index in [1.165, 1.54) is 12.1 Å². The predicted octanol–water partition coefficient (Wildman–Crippen LogP) is 3.34. The van der Waals surface area contributed by atoms with Gasteiger partial charge in [-0.05, 0) is 25.1 Å². The van der Waals surface area contributed by atoms with Crippen molar-refractivity contribution in [1.82, 2.24) is 4.98 Å². The molecule has 0 saturated carbocycles. The highest BCUT2D eigenvalue weighted by atomic mass is 35.5. The summed E-state index contributed by atoms with van der Waals surface area (Å²) in [6.07, 6.45) is 0. The first-order valence-corrected chi connectivity index (χ1v) is 6.13. The summed E-state index contributed by atoms with van der Waals surface area (Å²) in [7, 11) is 0. The fourth-order valence-corrected chi connectivity index (χ4v) is 1.96. The van der Waals surface area contributed by atoms with Crippen molar-refractivity contribution in [2.24, 2.45) is 0 Å². The quantitative estimate of drug-likeness (QED) is 0.535. The third-order valence-corrected chi connectivity index (χ3v) is 2.73. The molecule has 0 atom stereocenters. The molecular weight excluding hydrogens is 301 g/mol. The van der Waals surface area contributed by atoms with E-state index < -0.39 is 22.3 Å². The Morgan fingerprint density at radius 3 is 2.67 bits per heavy atom. The van der Waals surface area contributed by atoms with Gasteiger partial charge in [0.1, 0.15) is 11.0 Å². The second-order valence-electron chi connectivity index (χ2n) is 4.23. The molecule has 0 spiro atoms. The van der Waals surface area contributed by atoms with Gasteiger partial charge < -0.3 is 5.32 Å². The van der Waals surface area contributed by atoms with Gasteiger partial charge in [0.15, 0.2) is 0 Å². The molecule has 0 aliphatic rings. The second-order valence-corrected chi connectivity index (χ2v) is 4.62. The molecule has 21 heavy (non-hydrogen) atoms. The van der Waals surface area contributed by atoms with Crippen LogP contribution in [0.4, 0.5) is 15.8 Å². The lowest BCUT2D eigenvalue weighted by atomic mass is 10.2. The Hall–Kier alpha value is -2.54. The number of hydrogen-bond donors (Lipinski definition) is 1. The van der Waals surface area contributed by atoms with Gasteiger partial charge in [-0.25, -0.2) is 9.37 Å². The van der Waals surface area contributed by atoms with Gasteiger partial charge in [0.2, 0.25) is 0 Å². The number of carbonyl (C=O) groups excluding carboxylic acids is 1. The number of carbonyl (C=O) groups is 1. The molecule has 0 saturated heterocycles. The van der Waals surface area contributed by atoms with Crippen molar-refractivity contribution in [1.29, 1.82) is 0 Å². The number of anilines is 1. The van der Waals surface area contributed by atoms with Crippen LogP contribution in [0.3, 0.4) is 0 Å². The maximum Gasteiger partial charge on any atom is 0.274 e. The minimum atomic E-state index is -0.816. The van der Waals surface area contributed by atoms with Crippen LogP contribution >= 0.6 is 11.6 Å². The Bertz CT molecular complexity index is 716. The van der Waals surface area contributed by atoms with E-state index in [0.717, 1.165) is 18.2 Å². The normalized spacial score (nSPS) is 10.2. The molecule has 0 bridgehead atoms. The fraction of sp³-hybridized carbons (Fsp3) is 0.0769. The zero-order valence-electron chi connectivity index (χ0n) is 10.8. The number of aromatic nitrogens is 1. The SMILES string of the molecule is Cc1cc(C(=O)Nc2cc(F)cc([N+](=O)[O-])c2)cc(Cl)n1. The van der Waals surface area contributed by atoms with Crippen LogP contribution in [0.5, 0.6) is 0 Å². The summed E-state index contributed by atoms with van der Waals surface area (Å²) in [5.41, 5.74) is 0.295. The zero-order chi connectivity index (χ0) is 15.6. The van der Waals surface area contributed by atoms with Crippen LogP contribution in [-0.2, 0) is 0 Å². The molecule has 6 nitrogen and oxygen atoms in total. The monoisotopic (exact) mass is 309 g/mol. The maximum absolute atomic E-state index is 13.3. The summed E-state index contributed by atoms with van der Waals surface area (Å²) in [4.78, 5) is 25.8. The molecule has 2 aromatic rings. The van der Waals surface area contributed by atoms with Gasteiger partial charge >= 0.3 is 0 Å². The van der Waals surface area contributed by atoms with Crippen molar-refractivity contribution in [3.05, 3.63) is 62.7 Å². The van der Waals surface area contributed by atoms with E-state index in [-0.39, 0.29) is 16.4 Å². The first kappa shape index (κ1) is 14.9. The largest absolute Gasteiger partial charge is 0.322 e. The lowest BCUT2D eigenvalue weighted by molar-refractivity contribution is -0.385. The van der Waals surface area contributed by atoms with E-state index in [4.69, 9.17) is 11.6 Å². The van der Waals surface area contributed by atoms with Crippen molar-refractivity contribution in [2.75, 3.05) is 5.32 Å². The molecule has 2 rings (SSSR count). The minimum absolute atomic E-state index is 0.0164. The third-order valence-electron chi connectivity index (χ3n) is 2.54. The molecule has 0 aliphatic heterocycles. The molecule has 108 valence electrons. The van der Waals surface area contributed by atoms with Crippen molar-refractivity contribution in [3.63, 3.8) is 0 Å². The van der Waals surface area contributed by atoms with Crippen molar-refractivity contribution >= 4 is 28.9 Å². The highest BCUT2D eigenvalue weighted by Gasteiger charge is 2.13. The van der Waals surface area contributed by atoms with Gasteiger partial charge in [-0.15, -0.1) is 0 Å². The molecule has 1 aromatic carbocycles. The second kappa shape index (κ2) is 5.84. The van der Waals surface area contributed by atoms with E-state index in [1.54, 1.807) is 6.92 Å². The Morgan fingerprint density at radius 1 is 1.33 bits per heavy atom. The summed E-state index contributed by atoms with van der Waals surface area (Å²) in [5, 5.41) is 13.2. The average Bonchev–Trinajstić information content (AvgIpc) is 2.36. The maximum atomic E-state index is 13.3. The molecule has 0 radical (unpaired) electrons. The number of hydrogen-bond acceptors (Lipinski definition) is 4. The fourth-order valence-electron chi connectivity index (χ4n) is 1.71. The number of benzene rings is 1. The Kier molecular flexibility index (Phi) is 4.13. The smallest absolute Gasteiger partial charge is 0.274 e. The molecule has 0 unspecified atom stereocenters. The van der Waals surface area contributed by atoms with Gasteiger partial charge in [-0.2, -0.15) is 0 Å². The van der Waals surface area contributed by atoms with Crippen molar-refractivity contribution < 1.29 is 14.1 Å². The highest BCUT2D eigenvalue weighted by molar-refractivity contribution is 6.29. The average molecular weight is 310 g/mol. The number of amides is 1.